The third-order valence-corrected chi connectivity index (χ3v) is 2.89. The van der Waals surface area contributed by atoms with Crippen LogP contribution in [0.2, 0.25) is 0 Å². The third-order valence-electron chi connectivity index (χ3n) is 2.89. The molecule has 0 saturated carbocycles. The number of amides is 1. The van der Waals surface area contributed by atoms with Crippen LogP contribution in [0.5, 0.6) is 11.5 Å². The summed E-state index contributed by atoms with van der Waals surface area (Å²) in [7, 11) is 3.03. The van der Waals surface area contributed by atoms with Crippen molar-refractivity contribution < 1.29 is 24.2 Å². The van der Waals surface area contributed by atoms with Crippen LogP contribution in [0.3, 0.4) is 0 Å². The molecule has 0 aliphatic carbocycles. The van der Waals surface area contributed by atoms with Gasteiger partial charge in [-0.3, -0.25) is 9.59 Å². The molecule has 1 amide bonds. The maximum absolute atomic E-state index is 11.9. The summed E-state index contributed by atoms with van der Waals surface area (Å²) in [5, 5.41) is 11.3. The van der Waals surface area contributed by atoms with Gasteiger partial charge >= 0.3 is 5.97 Å². The molecule has 1 aromatic rings. The number of carboxylic acids is 1. The van der Waals surface area contributed by atoms with Crippen LogP contribution in [0.4, 0.5) is 0 Å². The van der Waals surface area contributed by atoms with Crippen molar-refractivity contribution in [2.45, 2.75) is 13.3 Å². The molecule has 110 valence electrons. The molecule has 1 atom stereocenters. The number of carbonyl (C=O) groups is 2. The number of ether oxygens (including phenoxy) is 2. The standard InChI is InChI=1S/C14H19NO5/c1-9(14(17)18)8-15-13(16)7-10-11(19-2)5-4-6-12(10)20-3/h4-6,9H,7-8H2,1-3H3,(H,15,16)(H,17,18). The van der Waals surface area contributed by atoms with Gasteiger partial charge in [0.15, 0.2) is 0 Å². The van der Waals surface area contributed by atoms with E-state index in [2.05, 4.69) is 5.32 Å². The van der Waals surface area contributed by atoms with E-state index < -0.39 is 11.9 Å². The van der Waals surface area contributed by atoms with Crippen LogP contribution in [0.25, 0.3) is 0 Å². The highest BCUT2D eigenvalue weighted by atomic mass is 16.5. The molecule has 0 saturated heterocycles. The van der Waals surface area contributed by atoms with Crippen LogP contribution in [-0.4, -0.2) is 37.7 Å². The Morgan fingerprint density at radius 3 is 2.25 bits per heavy atom. The summed E-state index contributed by atoms with van der Waals surface area (Å²) >= 11 is 0. The molecule has 0 aromatic heterocycles. The Hall–Kier alpha value is -2.24. The maximum Gasteiger partial charge on any atom is 0.308 e. The number of hydrogen-bond donors (Lipinski definition) is 2. The number of hydrogen-bond acceptors (Lipinski definition) is 4. The van der Waals surface area contributed by atoms with Crippen molar-refractivity contribution in [1.82, 2.24) is 5.32 Å². The van der Waals surface area contributed by atoms with Crippen LogP contribution in [-0.2, 0) is 16.0 Å². The van der Waals surface area contributed by atoms with Gasteiger partial charge in [-0.05, 0) is 12.1 Å². The van der Waals surface area contributed by atoms with Gasteiger partial charge < -0.3 is 19.9 Å². The lowest BCUT2D eigenvalue weighted by Gasteiger charge is -2.13. The van der Waals surface area contributed by atoms with Crippen molar-refractivity contribution in [3.8, 4) is 11.5 Å². The van der Waals surface area contributed by atoms with Gasteiger partial charge in [0.25, 0.3) is 0 Å². The Morgan fingerprint density at radius 1 is 1.25 bits per heavy atom. The van der Waals surface area contributed by atoms with Gasteiger partial charge in [-0.15, -0.1) is 0 Å². The van der Waals surface area contributed by atoms with E-state index in [9.17, 15) is 9.59 Å². The Labute approximate surface area is 117 Å². The fourth-order valence-electron chi connectivity index (χ4n) is 1.68. The molecule has 0 fully saturated rings. The zero-order valence-corrected chi connectivity index (χ0v) is 11.8. The minimum atomic E-state index is -0.944. The van der Waals surface area contributed by atoms with E-state index >= 15 is 0 Å². The van der Waals surface area contributed by atoms with Crippen LogP contribution < -0.4 is 14.8 Å². The number of rotatable bonds is 7. The van der Waals surface area contributed by atoms with E-state index in [1.807, 2.05) is 0 Å². The summed E-state index contributed by atoms with van der Waals surface area (Å²) in [6, 6.07) is 5.25. The summed E-state index contributed by atoms with van der Waals surface area (Å²) in [5.41, 5.74) is 0.637. The molecule has 0 radical (unpaired) electrons. The molecular weight excluding hydrogens is 262 g/mol. The quantitative estimate of drug-likeness (QED) is 0.781. The van der Waals surface area contributed by atoms with Crippen LogP contribution in [0.1, 0.15) is 12.5 Å². The Kier molecular flexibility index (Phi) is 5.83. The van der Waals surface area contributed by atoms with Crippen LogP contribution in [0.15, 0.2) is 18.2 Å². The summed E-state index contributed by atoms with van der Waals surface area (Å²) in [6.45, 7) is 1.62. The zero-order valence-electron chi connectivity index (χ0n) is 11.8. The average Bonchev–Trinajstić information content (AvgIpc) is 2.44. The van der Waals surface area contributed by atoms with Crippen molar-refractivity contribution in [3.63, 3.8) is 0 Å². The second-order valence-electron chi connectivity index (χ2n) is 4.36. The number of carbonyl (C=O) groups excluding carboxylic acids is 1. The van der Waals surface area contributed by atoms with E-state index in [-0.39, 0.29) is 18.9 Å². The van der Waals surface area contributed by atoms with E-state index in [0.29, 0.717) is 17.1 Å². The van der Waals surface area contributed by atoms with Gasteiger partial charge in [-0.25, -0.2) is 0 Å². The molecule has 1 unspecified atom stereocenters. The van der Waals surface area contributed by atoms with E-state index in [4.69, 9.17) is 14.6 Å². The zero-order chi connectivity index (χ0) is 15.1. The molecular formula is C14H19NO5. The lowest BCUT2D eigenvalue weighted by molar-refractivity contribution is -0.141. The predicted molar refractivity (Wildman–Crippen MR) is 73.1 cm³/mol. The van der Waals surface area contributed by atoms with Crippen molar-refractivity contribution >= 4 is 11.9 Å². The molecule has 20 heavy (non-hydrogen) atoms. The molecule has 0 heterocycles. The Bertz CT molecular complexity index is 464. The molecule has 6 nitrogen and oxygen atoms in total. The lowest BCUT2D eigenvalue weighted by Crippen LogP contribution is -2.32. The van der Waals surface area contributed by atoms with Crippen molar-refractivity contribution in [3.05, 3.63) is 23.8 Å². The highest BCUT2D eigenvalue weighted by Gasteiger charge is 2.16. The first kappa shape index (κ1) is 15.8. The third kappa shape index (κ3) is 4.15. The van der Waals surface area contributed by atoms with Crippen molar-refractivity contribution in [1.29, 1.82) is 0 Å². The molecule has 0 spiro atoms. The number of methoxy groups -OCH3 is 2. The van der Waals surface area contributed by atoms with E-state index in [1.54, 1.807) is 18.2 Å². The molecule has 2 N–H and O–H groups in total. The van der Waals surface area contributed by atoms with Gasteiger partial charge in [0.2, 0.25) is 5.91 Å². The minimum Gasteiger partial charge on any atom is -0.496 e. The second-order valence-corrected chi connectivity index (χ2v) is 4.36. The number of aliphatic carboxylic acids is 1. The Balaban J connectivity index is 2.72. The van der Waals surface area contributed by atoms with Gasteiger partial charge in [0, 0.05) is 12.1 Å². The normalized spacial score (nSPS) is 11.6. The first-order valence-electron chi connectivity index (χ1n) is 6.19. The number of benzene rings is 1. The Morgan fingerprint density at radius 2 is 1.80 bits per heavy atom. The molecule has 0 aliphatic heterocycles. The second kappa shape index (κ2) is 7.37. The largest absolute Gasteiger partial charge is 0.496 e. The van der Waals surface area contributed by atoms with Crippen molar-refractivity contribution in [2.24, 2.45) is 5.92 Å². The summed E-state index contributed by atoms with van der Waals surface area (Å²) in [5.74, 6) is -0.726. The number of carboxylic acid groups (broad SMARTS) is 1. The molecule has 1 aromatic carbocycles. The predicted octanol–water partition coefficient (Wildman–Crippen LogP) is 1.08. The van der Waals surface area contributed by atoms with Crippen LogP contribution in [0, 0.1) is 5.92 Å². The number of nitrogens with one attached hydrogen (secondary N) is 1. The first-order chi connectivity index (χ1) is 9.49. The summed E-state index contributed by atoms with van der Waals surface area (Å²) < 4.78 is 10.4. The summed E-state index contributed by atoms with van der Waals surface area (Å²) in [6.07, 6.45) is 0.0690. The highest BCUT2D eigenvalue weighted by molar-refractivity contribution is 5.81. The van der Waals surface area contributed by atoms with E-state index in [0.717, 1.165) is 0 Å². The van der Waals surface area contributed by atoms with Crippen LogP contribution >= 0.6 is 0 Å². The topological polar surface area (TPSA) is 84.9 Å². The minimum absolute atomic E-state index is 0.0690. The summed E-state index contributed by atoms with van der Waals surface area (Å²) in [4.78, 5) is 22.5. The molecule has 0 aliphatic rings. The average molecular weight is 281 g/mol. The highest BCUT2D eigenvalue weighted by Crippen LogP contribution is 2.28. The van der Waals surface area contributed by atoms with Gasteiger partial charge in [-0.1, -0.05) is 13.0 Å². The van der Waals surface area contributed by atoms with Gasteiger partial charge in [0.05, 0.1) is 26.6 Å². The first-order valence-corrected chi connectivity index (χ1v) is 6.19. The van der Waals surface area contributed by atoms with E-state index in [1.165, 1.54) is 21.1 Å². The SMILES string of the molecule is COc1cccc(OC)c1CC(=O)NCC(C)C(=O)O. The van der Waals surface area contributed by atoms with Gasteiger partial charge in [0.1, 0.15) is 11.5 Å². The molecule has 6 heteroatoms. The molecule has 0 bridgehead atoms. The fourth-order valence-corrected chi connectivity index (χ4v) is 1.68. The van der Waals surface area contributed by atoms with Crippen molar-refractivity contribution in [2.75, 3.05) is 20.8 Å². The smallest absolute Gasteiger partial charge is 0.308 e. The maximum atomic E-state index is 11.9. The monoisotopic (exact) mass is 281 g/mol. The van der Waals surface area contributed by atoms with Gasteiger partial charge in [-0.2, -0.15) is 0 Å². The lowest BCUT2D eigenvalue weighted by atomic mass is 10.1. The fraction of sp³-hybridized carbons (Fsp3) is 0.429. The molecule has 1 rings (SSSR count).